The molecular weight excluding hydrogens is 267 g/mol. The number of carbonyl (C=O) groups excluding carboxylic acids is 2. The van der Waals surface area contributed by atoms with Crippen LogP contribution in [0.2, 0.25) is 0 Å². The van der Waals surface area contributed by atoms with Gasteiger partial charge < -0.3 is 15.7 Å². The molecule has 0 saturated carbocycles. The molecule has 20 heavy (non-hydrogen) atoms. The van der Waals surface area contributed by atoms with Gasteiger partial charge in [-0.3, -0.25) is 19.3 Å². The van der Waals surface area contributed by atoms with Crippen molar-refractivity contribution in [2.45, 2.75) is 38.6 Å². The number of carboxylic acids is 1. The van der Waals surface area contributed by atoms with Crippen LogP contribution in [-0.4, -0.2) is 61.0 Å². The molecule has 0 radical (unpaired) electrons. The maximum absolute atomic E-state index is 11.9. The van der Waals surface area contributed by atoms with Crippen LogP contribution in [0.4, 0.5) is 0 Å². The number of aliphatic carboxylic acids is 1. The van der Waals surface area contributed by atoms with Crippen LogP contribution in [-0.2, 0) is 14.4 Å². The average molecular weight is 292 g/mol. The summed E-state index contributed by atoms with van der Waals surface area (Å²) in [7, 11) is 3.63. The summed E-state index contributed by atoms with van der Waals surface area (Å²) in [6, 6.07) is -0.277. The highest BCUT2D eigenvalue weighted by molar-refractivity contribution is 5.82. The van der Waals surface area contributed by atoms with E-state index in [1.54, 1.807) is 0 Å². The Bertz CT molecular complexity index is 332. The summed E-state index contributed by atoms with van der Waals surface area (Å²) >= 11 is 0. The van der Waals surface area contributed by atoms with Crippen LogP contribution in [0, 0.1) is 0 Å². The van der Waals surface area contributed by atoms with E-state index in [0.29, 0.717) is 13.0 Å². The number of hydrogen-bond acceptors (Lipinski definition) is 4. The molecule has 0 aromatic rings. The highest BCUT2D eigenvalue weighted by atomic mass is 16.4. The number of carboxylic acid groups (broad SMARTS) is 1. The van der Waals surface area contributed by atoms with Gasteiger partial charge in [0.2, 0.25) is 11.8 Å². The van der Waals surface area contributed by atoms with Crippen molar-refractivity contribution < 1.29 is 19.5 Å². The van der Waals surface area contributed by atoms with E-state index in [1.165, 1.54) is 6.92 Å². The fourth-order valence-electron chi connectivity index (χ4n) is 1.76. The van der Waals surface area contributed by atoms with Crippen molar-refractivity contribution in [3.05, 3.63) is 0 Å². The lowest BCUT2D eigenvalue weighted by Crippen LogP contribution is -2.44. The van der Waals surface area contributed by atoms with Crippen molar-refractivity contribution >= 4 is 17.8 Å². The summed E-state index contributed by atoms with van der Waals surface area (Å²) in [5, 5.41) is 13.9. The van der Waals surface area contributed by atoms with Gasteiger partial charge in [0.25, 0.3) is 0 Å². The van der Waals surface area contributed by atoms with Crippen molar-refractivity contribution in [3.8, 4) is 0 Å². The van der Waals surface area contributed by atoms with Crippen LogP contribution >= 0.6 is 0 Å². The second-order valence-electron chi connectivity index (χ2n) is 4.89. The molecule has 1 unspecified atom stereocenters. The van der Waals surface area contributed by atoms with E-state index in [1.807, 2.05) is 19.0 Å². The van der Waals surface area contributed by atoms with Gasteiger partial charge in [0.15, 0.2) is 0 Å². The van der Waals surface area contributed by atoms with Gasteiger partial charge in [-0.05, 0) is 33.4 Å². The molecule has 0 rings (SSSR count). The molecule has 0 aromatic carbocycles. The van der Waals surface area contributed by atoms with Gasteiger partial charge in [0, 0.05) is 20.0 Å². The molecule has 0 aromatic heterocycles. The molecule has 3 N–H and O–H groups in total. The Morgan fingerprint density at radius 1 is 1.10 bits per heavy atom. The Labute approximate surface area is 119 Å². The fourth-order valence-corrected chi connectivity index (χ4v) is 1.76. The largest absolute Gasteiger partial charge is 0.481 e. The number of nitrogens with one attached hydrogen (secondary N) is 2. The lowest BCUT2D eigenvalue weighted by molar-refractivity contribution is -0.137. The third kappa shape index (κ3) is 9.32. The van der Waals surface area contributed by atoms with Gasteiger partial charge in [-0.1, -0.05) is 0 Å². The highest BCUT2D eigenvalue weighted by Crippen LogP contribution is 2.06. The maximum atomic E-state index is 11.9. The molecule has 0 heterocycles. The normalized spacial score (nSPS) is 12.0. The first-order valence-corrected chi connectivity index (χ1v) is 6.75. The van der Waals surface area contributed by atoms with Crippen molar-refractivity contribution in [2.75, 3.05) is 27.2 Å². The van der Waals surface area contributed by atoms with E-state index < -0.39 is 5.97 Å². The number of likely N-dealkylation sites (N-methyl/N-ethyl adjacent to an activating group) is 1. The van der Waals surface area contributed by atoms with Crippen molar-refractivity contribution in [1.82, 2.24) is 15.5 Å². The molecule has 7 heteroatoms. The van der Waals surface area contributed by atoms with Gasteiger partial charge in [-0.15, -0.1) is 0 Å². The van der Waals surface area contributed by atoms with E-state index in [4.69, 9.17) is 5.11 Å². The zero-order valence-corrected chi connectivity index (χ0v) is 12.4. The minimum atomic E-state index is -0.929. The van der Waals surface area contributed by atoms with Crippen LogP contribution in [0.25, 0.3) is 0 Å². The quantitative estimate of drug-likeness (QED) is 0.294. The van der Waals surface area contributed by atoms with E-state index >= 15 is 0 Å². The summed E-state index contributed by atoms with van der Waals surface area (Å²) in [5.41, 5.74) is 0. The van der Waals surface area contributed by atoms with Crippen LogP contribution in [0.5, 0.6) is 0 Å². The van der Waals surface area contributed by atoms with E-state index in [0.717, 1.165) is 12.8 Å². The smallest absolute Gasteiger partial charge is 0.305 e. The second kappa shape index (κ2) is 10.2. The first-order valence-electron chi connectivity index (χ1n) is 6.75. The van der Waals surface area contributed by atoms with Crippen LogP contribution < -0.4 is 10.6 Å². The molecule has 7 nitrogen and oxygen atoms in total. The zero-order chi connectivity index (χ0) is 15.5. The molecule has 0 fully saturated rings. The Hall–Kier alpha value is -1.63. The lowest BCUT2D eigenvalue weighted by atomic mass is 10.1. The molecule has 0 aliphatic heterocycles. The molecule has 0 aliphatic carbocycles. The van der Waals surface area contributed by atoms with Gasteiger partial charge in [-0.25, -0.2) is 0 Å². The predicted molar refractivity (Wildman–Crippen MR) is 75.3 cm³/mol. The summed E-state index contributed by atoms with van der Waals surface area (Å²) in [4.78, 5) is 34.8. The van der Waals surface area contributed by atoms with Gasteiger partial charge in [0.1, 0.15) is 0 Å². The van der Waals surface area contributed by atoms with Crippen LogP contribution in [0.3, 0.4) is 0 Å². The maximum Gasteiger partial charge on any atom is 0.305 e. The molecule has 2 amide bonds. The molecule has 0 saturated heterocycles. The summed E-state index contributed by atoms with van der Waals surface area (Å²) in [5.74, 6) is -1.14. The Morgan fingerprint density at radius 3 is 2.25 bits per heavy atom. The summed E-state index contributed by atoms with van der Waals surface area (Å²) in [6.07, 6.45) is 2.22. The average Bonchev–Trinajstić information content (AvgIpc) is 2.32. The highest BCUT2D eigenvalue weighted by Gasteiger charge is 2.19. The fraction of sp³-hybridized carbons (Fsp3) is 0.769. The number of nitrogens with zero attached hydrogens (tertiary/aromatic N) is 1. The van der Waals surface area contributed by atoms with E-state index in [9.17, 15) is 14.4 Å². The number of amides is 2. The lowest BCUT2D eigenvalue weighted by Gasteiger charge is -2.23. The number of rotatable bonds is 10. The molecule has 0 spiro atoms. The topological polar surface area (TPSA) is 98.7 Å². The Kier molecular flexibility index (Phi) is 9.36. The van der Waals surface area contributed by atoms with Crippen molar-refractivity contribution in [2.24, 2.45) is 0 Å². The second-order valence-corrected chi connectivity index (χ2v) is 4.89. The van der Waals surface area contributed by atoms with Gasteiger partial charge in [-0.2, -0.15) is 0 Å². The number of unbranched alkanes of at least 4 members (excludes halogenated alkanes) is 1. The first kappa shape index (κ1) is 18.4. The van der Waals surface area contributed by atoms with Gasteiger partial charge in [0.05, 0.1) is 12.5 Å². The van der Waals surface area contributed by atoms with E-state index in [2.05, 4.69) is 10.6 Å². The monoisotopic (exact) mass is 292 g/mol. The number of carbonyl (C=O) groups is 3. The molecule has 1 atom stereocenters. The van der Waals surface area contributed by atoms with E-state index in [-0.39, 0.29) is 30.8 Å². The zero-order valence-electron chi connectivity index (χ0n) is 12.4. The molecule has 0 aliphatic rings. The summed E-state index contributed by atoms with van der Waals surface area (Å²) in [6.45, 7) is 2.22. The molecule has 116 valence electrons. The van der Waals surface area contributed by atoms with Gasteiger partial charge >= 0.3 is 5.97 Å². The Balaban J connectivity index is 3.99. The minimum Gasteiger partial charge on any atom is -0.481 e. The van der Waals surface area contributed by atoms with Crippen LogP contribution in [0.15, 0.2) is 0 Å². The molecular formula is C13H25N3O4. The third-order valence-electron chi connectivity index (χ3n) is 2.84. The Morgan fingerprint density at radius 2 is 1.75 bits per heavy atom. The van der Waals surface area contributed by atoms with Crippen molar-refractivity contribution in [1.29, 1.82) is 0 Å². The number of hydrogen-bond donors (Lipinski definition) is 3. The SMILES string of the molecule is CN(C)C(CCC[13CH2]N[13C]([13CH3])=O)C(=O)[15NH][13CH2]CC(=O)O. The van der Waals surface area contributed by atoms with Crippen LogP contribution in [0.1, 0.15) is 32.6 Å². The predicted octanol–water partition coefficient (Wildman–Crippen LogP) is -0.186. The summed E-state index contributed by atoms with van der Waals surface area (Å²) < 4.78 is 0. The molecule has 0 bridgehead atoms. The standard InChI is InChI=1S/C13H25N3O4/c1-10(17)14-8-5-4-6-11(16(2)3)13(20)15-9-7-12(18)19/h11H,4-9H2,1-3H3,(H,14,17)(H,15,20)(H,18,19)/i1+1,8+1,9+1,10+1,15+1. The third-order valence-corrected chi connectivity index (χ3v) is 2.84. The van der Waals surface area contributed by atoms with Crippen molar-refractivity contribution in [3.63, 3.8) is 0 Å². The minimum absolute atomic E-state index is 0.0550. The first-order chi connectivity index (χ1) is 9.34.